The van der Waals surface area contributed by atoms with Crippen molar-refractivity contribution in [2.75, 3.05) is 13.1 Å². The predicted octanol–water partition coefficient (Wildman–Crippen LogP) is 0.332. The van der Waals surface area contributed by atoms with E-state index in [1.54, 1.807) is 6.07 Å². The summed E-state index contributed by atoms with van der Waals surface area (Å²) in [6.45, 7) is 0.151. The molecule has 1 heterocycles. The Hall–Kier alpha value is -1.11. The molecule has 92 valence electrons. The molecule has 6 heteroatoms. The summed E-state index contributed by atoms with van der Waals surface area (Å²) in [4.78, 5) is 13.4. The van der Waals surface area contributed by atoms with E-state index in [9.17, 15) is 20.1 Å². The molecule has 0 unspecified atom stereocenters. The number of amides is 1. The van der Waals surface area contributed by atoms with Crippen molar-refractivity contribution in [3.8, 4) is 5.75 Å². The van der Waals surface area contributed by atoms with Gasteiger partial charge in [-0.2, -0.15) is 0 Å². The van der Waals surface area contributed by atoms with Crippen LogP contribution in [0, 0.1) is 0 Å². The average Bonchev–Trinajstić information content (AvgIpc) is 2.62. The number of likely N-dealkylation sites (tertiary alicyclic amines) is 1. The van der Waals surface area contributed by atoms with E-state index in [0.717, 1.165) is 0 Å². The number of hydrogen-bond acceptors (Lipinski definition) is 4. The number of rotatable bonds is 1. The van der Waals surface area contributed by atoms with Gasteiger partial charge in [-0.15, -0.1) is 0 Å². The van der Waals surface area contributed by atoms with E-state index in [1.165, 1.54) is 17.0 Å². The zero-order valence-corrected chi connectivity index (χ0v) is 10.5. The van der Waals surface area contributed by atoms with E-state index >= 15 is 0 Å². The number of nitrogens with zero attached hydrogens (tertiary/aromatic N) is 1. The highest BCUT2D eigenvalue weighted by Gasteiger charge is 2.33. The molecule has 0 aliphatic carbocycles. The molecule has 0 saturated carbocycles. The van der Waals surface area contributed by atoms with E-state index in [1.807, 2.05) is 0 Å². The Bertz CT molecular complexity index is 441. The van der Waals surface area contributed by atoms with Crippen LogP contribution in [0.5, 0.6) is 5.75 Å². The number of phenols is 1. The second-order valence-electron chi connectivity index (χ2n) is 4.01. The minimum absolute atomic E-state index is 0.0754. The minimum Gasteiger partial charge on any atom is -0.507 e. The van der Waals surface area contributed by atoms with Crippen molar-refractivity contribution in [3.05, 3.63) is 28.2 Å². The molecule has 0 bridgehead atoms. The molecule has 1 saturated heterocycles. The molecule has 1 aromatic rings. The van der Waals surface area contributed by atoms with Crippen LogP contribution in [0.15, 0.2) is 22.7 Å². The lowest BCUT2D eigenvalue weighted by atomic mass is 10.2. The third-order valence-electron chi connectivity index (χ3n) is 2.74. The van der Waals surface area contributed by atoms with Crippen LogP contribution < -0.4 is 0 Å². The predicted molar refractivity (Wildman–Crippen MR) is 63.7 cm³/mol. The number of carbonyl (C=O) groups is 1. The van der Waals surface area contributed by atoms with Gasteiger partial charge in [-0.05, 0) is 18.2 Å². The summed E-state index contributed by atoms with van der Waals surface area (Å²) < 4.78 is 0.680. The second kappa shape index (κ2) is 4.64. The molecule has 1 aliphatic rings. The third kappa shape index (κ3) is 2.43. The van der Waals surface area contributed by atoms with Crippen molar-refractivity contribution in [1.82, 2.24) is 4.90 Å². The van der Waals surface area contributed by atoms with Gasteiger partial charge in [0.15, 0.2) is 0 Å². The Morgan fingerprint density at radius 2 is 1.88 bits per heavy atom. The summed E-state index contributed by atoms with van der Waals surface area (Å²) in [5.74, 6) is -0.520. The molecule has 17 heavy (non-hydrogen) atoms. The maximum Gasteiger partial charge on any atom is 0.257 e. The van der Waals surface area contributed by atoms with Crippen LogP contribution in [0.25, 0.3) is 0 Å². The van der Waals surface area contributed by atoms with E-state index in [-0.39, 0.29) is 24.4 Å². The molecule has 5 nitrogen and oxygen atoms in total. The zero-order chi connectivity index (χ0) is 12.6. The van der Waals surface area contributed by atoms with Gasteiger partial charge >= 0.3 is 0 Å². The maximum atomic E-state index is 12.0. The number of β-amino-alcohol motifs (C(OH)–C–C–N with tert-alkyl or cyclic N) is 2. The van der Waals surface area contributed by atoms with Gasteiger partial charge in [0, 0.05) is 17.6 Å². The number of benzene rings is 1. The fourth-order valence-electron chi connectivity index (χ4n) is 1.79. The molecular weight excluding hydrogens is 290 g/mol. The number of aliphatic hydroxyl groups excluding tert-OH is 2. The number of carbonyl (C=O) groups excluding carboxylic acids is 1. The summed E-state index contributed by atoms with van der Waals surface area (Å²) in [6.07, 6.45) is -1.85. The molecule has 0 radical (unpaired) electrons. The van der Waals surface area contributed by atoms with Gasteiger partial charge in [0.1, 0.15) is 5.75 Å². The molecule has 3 N–H and O–H groups in total. The van der Waals surface area contributed by atoms with E-state index in [2.05, 4.69) is 15.9 Å². The summed E-state index contributed by atoms with van der Waals surface area (Å²) in [7, 11) is 0. The number of aliphatic hydroxyl groups is 2. The summed E-state index contributed by atoms with van der Waals surface area (Å²) in [5.41, 5.74) is 0.153. The van der Waals surface area contributed by atoms with Gasteiger partial charge in [0.05, 0.1) is 17.8 Å². The van der Waals surface area contributed by atoms with Crippen molar-refractivity contribution in [1.29, 1.82) is 0 Å². The van der Waals surface area contributed by atoms with Crippen molar-refractivity contribution in [3.63, 3.8) is 0 Å². The lowest BCUT2D eigenvalue weighted by Crippen LogP contribution is -2.29. The molecule has 1 aromatic carbocycles. The normalized spacial score (nSPS) is 24.1. The first-order valence-electron chi connectivity index (χ1n) is 5.13. The van der Waals surface area contributed by atoms with Crippen LogP contribution in [-0.2, 0) is 0 Å². The van der Waals surface area contributed by atoms with Crippen molar-refractivity contribution in [2.24, 2.45) is 0 Å². The average molecular weight is 302 g/mol. The summed E-state index contributed by atoms with van der Waals surface area (Å²) >= 11 is 3.22. The quantitative estimate of drug-likeness (QED) is 0.698. The van der Waals surface area contributed by atoms with Crippen LogP contribution in [0.4, 0.5) is 0 Å². The van der Waals surface area contributed by atoms with Crippen LogP contribution in [-0.4, -0.2) is 51.4 Å². The first-order chi connectivity index (χ1) is 7.99. The molecule has 1 aliphatic heterocycles. The number of hydrogen-bond donors (Lipinski definition) is 3. The van der Waals surface area contributed by atoms with E-state index in [4.69, 9.17) is 0 Å². The SMILES string of the molecule is O=C(c1cc(Br)ccc1O)N1C[C@@H](O)[C@@H](O)C1. The van der Waals surface area contributed by atoms with Crippen LogP contribution in [0.3, 0.4) is 0 Å². The van der Waals surface area contributed by atoms with Gasteiger partial charge in [0.2, 0.25) is 0 Å². The van der Waals surface area contributed by atoms with Gasteiger partial charge in [-0.25, -0.2) is 0 Å². The van der Waals surface area contributed by atoms with Gasteiger partial charge in [-0.1, -0.05) is 15.9 Å². The molecule has 1 amide bonds. The van der Waals surface area contributed by atoms with E-state index < -0.39 is 18.1 Å². The fraction of sp³-hybridized carbons (Fsp3) is 0.364. The topological polar surface area (TPSA) is 81.0 Å². The number of halogens is 1. The lowest BCUT2D eigenvalue weighted by Gasteiger charge is -2.16. The molecule has 0 aromatic heterocycles. The highest BCUT2D eigenvalue weighted by atomic mass is 79.9. The molecule has 0 spiro atoms. The third-order valence-corrected chi connectivity index (χ3v) is 3.23. The molecule has 2 rings (SSSR count). The summed E-state index contributed by atoms with van der Waals surface area (Å²) in [6, 6.07) is 4.55. The first-order valence-corrected chi connectivity index (χ1v) is 5.92. The Balaban J connectivity index is 2.23. The Labute approximate surface area is 106 Å². The monoisotopic (exact) mass is 301 g/mol. The Kier molecular flexibility index (Phi) is 3.37. The zero-order valence-electron chi connectivity index (χ0n) is 8.88. The Morgan fingerprint density at radius 3 is 2.47 bits per heavy atom. The number of aromatic hydroxyl groups is 1. The van der Waals surface area contributed by atoms with Crippen molar-refractivity contribution >= 4 is 21.8 Å². The Morgan fingerprint density at radius 1 is 1.29 bits per heavy atom. The fourth-order valence-corrected chi connectivity index (χ4v) is 2.15. The van der Waals surface area contributed by atoms with Gasteiger partial charge in [-0.3, -0.25) is 4.79 Å². The van der Waals surface area contributed by atoms with Crippen LogP contribution >= 0.6 is 15.9 Å². The highest BCUT2D eigenvalue weighted by Crippen LogP contribution is 2.24. The lowest BCUT2D eigenvalue weighted by molar-refractivity contribution is 0.0572. The first kappa shape index (κ1) is 12.3. The van der Waals surface area contributed by atoms with Crippen LogP contribution in [0.2, 0.25) is 0 Å². The minimum atomic E-state index is -0.923. The maximum absolute atomic E-state index is 12.0. The largest absolute Gasteiger partial charge is 0.507 e. The number of phenolic OH excluding ortho intramolecular Hbond substituents is 1. The molecule has 2 atom stereocenters. The van der Waals surface area contributed by atoms with Crippen molar-refractivity contribution in [2.45, 2.75) is 12.2 Å². The second-order valence-corrected chi connectivity index (χ2v) is 4.92. The van der Waals surface area contributed by atoms with Crippen LogP contribution in [0.1, 0.15) is 10.4 Å². The highest BCUT2D eigenvalue weighted by molar-refractivity contribution is 9.10. The standard InChI is InChI=1S/C11H12BrNO4/c12-6-1-2-8(14)7(3-6)11(17)13-4-9(15)10(16)5-13/h1-3,9-10,14-16H,4-5H2/t9-,10+. The molecule has 1 fully saturated rings. The van der Waals surface area contributed by atoms with Crippen molar-refractivity contribution < 1.29 is 20.1 Å². The van der Waals surface area contributed by atoms with E-state index in [0.29, 0.717) is 4.47 Å². The smallest absolute Gasteiger partial charge is 0.257 e. The van der Waals surface area contributed by atoms with Gasteiger partial charge in [0.25, 0.3) is 5.91 Å². The molecular formula is C11H12BrNO4. The summed E-state index contributed by atoms with van der Waals surface area (Å²) in [5, 5.41) is 28.3. The van der Waals surface area contributed by atoms with Gasteiger partial charge < -0.3 is 20.2 Å².